The number of ether oxygens (including phenoxy) is 1. The quantitative estimate of drug-likeness (QED) is 0.169. The molecule has 0 spiro atoms. The molecular weight excluding hydrogens is 780 g/mol. The molecule has 4 aromatic carbocycles. The fourth-order valence-corrected chi connectivity index (χ4v) is 9.13. The molecule has 3 saturated heterocycles. The van der Waals surface area contributed by atoms with Crippen LogP contribution in [0.2, 0.25) is 0 Å². The number of fused-ring (bicyclic) bond motifs is 2. The number of nitrogens with zero attached hydrogens (tertiary/aromatic N) is 4. The Hall–Kier alpha value is -6.01. The molecule has 58 heavy (non-hydrogen) atoms. The van der Waals surface area contributed by atoms with Gasteiger partial charge in [-0.15, -0.1) is 0 Å². The minimum absolute atomic E-state index is 0.0105. The Labute approximate surface area is 330 Å². The van der Waals surface area contributed by atoms with Gasteiger partial charge in [0.15, 0.2) is 5.82 Å². The zero-order chi connectivity index (χ0) is 40.9. The Morgan fingerprint density at radius 2 is 1.78 bits per heavy atom. The number of carbonyl (C=O) groups excluding carboxylic acids is 4. The van der Waals surface area contributed by atoms with Gasteiger partial charge < -0.3 is 10.1 Å². The van der Waals surface area contributed by atoms with Crippen molar-refractivity contribution in [2.24, 2.45) is 0 Å². The van der Waals surface area contributed by atoms with Crippen LogP contribution in [0.3, 0.4) is 0 Å². The number of nitrogens with one attached hydrogen (secondary N) is 3. The van der Waals surface area contributed by atoms with Crippen molar-refractivity contribution in [1.29, 1.82) is 0 Å². The SMILES string of the molecule is CCn1nc(C2CCC(=O)NC2=O)c2ccc(C3CCN(CC(=O)Nc4ccc5c(F)c(N6CC(=O)NS6(=O)=O)c(OCc6ccccc6)cc5c4)CC3(F)F)cc21. The number of likely N-dealkylation sites (tertiary alicyclic amines) is 1. The van der Waals surface area contributed by atoms with Gasteiger partial charge in [0.1, 0.15) is 24.6 Å². The molecule has 3 aliphatic rings. The molecule has 14 nitrogen and oxygen atoms in total. The second kappa shape index (κ2) is 15.1. The molecule has 302 valence electrons. The number of piperidine rings is 2. The van der Waals surface area contributed by atoms with E-state index in [1.807, 2.05) is 11.6 Å². The molecule has 4 heterocycles. The van der Waals surface area contributed by atoms with Crippen molar-refractivity contribution >= 4 is 66.9 Å². The van der Waals surface area contributed by atoms with Crippen LogP contribution in [0.15, 0.2) is 72.8 Å². The second-order valence-corrected chi connectivity index (χ2v) is 16.2. The Morgan fingerprint density at radius 1 is 1.00 bits per heavy atom. The van der Waals surface area contributed by atoms with Crippen LogP contribution >= 0.6 is 0 Å². The molecule has 3 fully saturated rings. The number of halogens is 3. The van der Waals surface area contributed by atoms with Crippen LogP contribution < -0.4 is 24.4 Å². The van der Waals surface area contributed by atoms with Gasteiger partial charge in [0, 0.05) is 29.4 Å². The van der Waals surface area contributed by atoms with Crippen molar-refractivity contribution < 1.29 is 45.5 Å². The minimum Gasteiger partial charge on any atom is -0.487 e. The third-order valence-corrected chi connectivity index (χ3v) is 12.1. The van der Waals surface area contributed by atoms with Crippen molar-refractivity contribution in [1.82, 2.24) is 24.7 Å². The second-order valence-electron chi connectivity index (χ2n) is 14.6. The van der Waals surface area contributed by atoms with Crippen molar-refractivity contribution in [3.8, 4) is 5.75 Å². The maximum absolute atomic E-state index is 16.2. The highest BCUT2D eigenvalue weighted by Crippen LogP contribution is 2.43. The maximum atomic E-state index is 16.2. The largest absolute Gasteiger partial charge is 0.487 e. The van der Waals surface area contributed by atoms with Gasteiger partial charge in [-0.1, -0.05) is 42.5 Å². The van der Waals surface area contributed by atoms with Crippen molar-refractivity contribution in [3.63, 3.8) is 0 Å². The topological polar surface area (TPSA) is 172 Å². The zero-order valence-electron chi connectivity index (χ0n) is 31.1. The van der Waals surface area contributed by atoms with Crippen molar-refractivity contribution in [2.45, 2.75) is 57.1 Å². The highest BCUT2D eigenvalue weighted by Gasteiger charge is 2.46. The Kier molecular flexibility index (Phi) is 10.1. The van der Waals surface area contributed by atoms with E-state index in [0.29, 0.717) is 45.0 Å². The first-order valence-electron chi connectivity index (χ1n) is 18.7. The summed E-state index contributed by atoms with van der Waals surface area (Å²) >= 11 is 0. The number of amides is 4. The third kappa shape index (κ3) is 7.44. The highest BCUT2D eigenvalue weighted by molar-refractivity contribution is 7.92. The average Bonchev–Trinajstić information content (AvgIpc) is 3.67. The maximum Gasteiger partial charge on any atom is 0.326 e. The van der Waals surface area contributed by atoms with E-state index in [1.54, 1.807) is 53.2 Å². The number of carbonyl (C=O) groups is 4. The molecule has 1 aromatic heterocycles. The standard InChI is InChI=1S/C40H38F3N7O7S/c1-2-49-31-17-24(8-10-28(31)37(46-49)29-12-13-33(51)45-39(29)54)30-14-15-48(22-40(30,42)43)19-34(52)44-26-9-11-27-25(16-26)18-32(57-21-23-6-4-3-5-7-23)38(36(27)41)50-20-35(53)47-58(50,55)56/h3-11,16-18,29-30H,2,12-15,19-22H2,1H3,(H,44,52)(H,47,53)(H,45,51,54). The summed E-state index contributed by atoms with van der Waals surface area (Å²) in [6, 6.07) is 19.5. The van der Waals surface area contributed by atoms with Gasteiger partial charge in [-0.25, -0.2) is 22.2 Å². The first-order chi connectivity index (χ1) is 27.7. The third-order valence-electron chi connectivity index (χ3n) is 10.7. The predicted molar refractivity (Wildman–Crippen MR) is 207 cm³/mol. The van der Waals surface area contributed by atoms with Crippen LogP contribution in [0.4, 0.5) is 24.5 Å². The summed E-state index contributed by atoms with van der Waals surface area (Å²) in [5.74, 6) is -8.26. The summed E-state index contributed by atoms with van der Waals surface area (Å²) in [5, 5.41) is 10.6. The number of benzene rings is 4. The number of alkyl halides is 2. The van der Waals surface area contributed by atoms with E-state index in [0.717, 1.165) is 0 Å². The molecule has 5 aromatic rings. The van der Waals surface area contributed by atoms with E-state index in [-0.39, 0.29) is 60.7 Å². The van der Waals surface area contributed by atoms with Gasteiger partial charge >= 0.3 is 10.2 Å². The summed E-state index contributed by atoms with van der Waals surface area (Å²) in [6.07, 6.45) is 0.556. The average molecular weight is 818 g/mol. The van der Waals surface area contributed by atoms with Crippen LogP contribution in [0.1, 0.15) is 54.8 Å². The van der Waals surface area contributed by atoms with E-state index in [4.69, 9.17) is 4.74 Å². The Bertz CT molecular complexity index is 2600. The molecule has 4 amide bonds. The molecule has 0 aliphatic carbocycles. The highest BCUT2D eigenvalue weighted by atomic mass is 32.2. The smallest absolute Gasteiger partial charge is 0.326 e. The number of rotatable bonds is 10. The van der Waals surface area contributed by atoms with Crippen molar-refractivity contribution in [2.75, 3.05) is 35.8 Å². The fourth-order valence-electron chi connectivity index (χ4n) is 7.97. The number of hydrogen-bond acceptors (Lipinski definition) is 9. The summed E-state index contributed by atoms with van der Waals surface area (Å²) < 4.78 is 83.5. The molecule has 3 N–H and O–H groups in total. The number of anilines is 2. The van der Waals surface area contributed by atoms with Gasteiger partial charge in [0.2, 0.25) is 17.7 Å². The van der Waals surface area contributed by atoms with E-state index in [9.17, 15) is 27.6 Å². The van der Waals surface area contributed by atoms with Gasteiger partial charge in [0.25, 0.3) is 11.8 Å². The number of imide groups is 1. The summed E-state index contributed by atoms with van der Waals surface area (Å²) in [6.45, 7) is 0.787. The Balaban J connectivity index is 0.975. The number of aryl methyl sites for hydroxylation is 1. The summed E-state index contributed by atoms with van der Waals surface area (Å²) in [7, 11) is -4.40. The van der Waals surface area contributed by atoms with Crippen molar-refractivity contribution in [3.05, 3.63) is 95.4 Å². The zero-order valence-corrected chi connectivity index (χ0v) is 32.0. The van der Waals surface area contributed by atoms with Crippen LogP contribution in [-0.4, -0.2) is 78.8 Å². The van der Waals surface area contributed by atoms with Gasteiger partial charge in [-0.05, 0) is 73.2 Å². The fraction of sp³-hybridized carbons (Fsp3) is 0.325. The van der Waals surface area contributed by atoms with Gasteiger partial charge in [0.05, 0.1) is 36.1 Å². The van der Waals surface area contributed by atoms with Gasteiger partial charge in [-0.3, -0.25) is 34.1 Å². The van der Waals surface area contributed by atoms with Gasteiger partial charge in [-0.2, -0.15) is 13.5 Å². The van der Waals surface area contributed by atoms with E-state index in [1.165, 1.54) is 29.2 Å². The molecule has 3 aliphatic heterocycles. The Morgan fingerprint density at radius 3 is 2.48 bits per heavy atom. The minimum atomic E-state index is -4.40. The van der Waals surface area contributed by atoms with E-state index < -0.39 is 70.3 Å². The number of aromatic nitrogens is 2. The molecule has 18 heteroatoms. The summed E-state index contributed by atoms with van der Waals surface area (Å²) in [5.41, 5.74) is 2.04. The molecule has 8 rings (SSSR count). The lowest BCUT2D eigenvalue weighted by atomic mass is 9.85. The monoisotopic (exact) mass is 817 g/mol. The lowest BCUT2D eigenvalue weighted by molar-refractivity contribution is -0.134. The molecule has 0 bridgehead atoms. The molecule has 2 unspecified atom stereocenters. The predicted octanol–water partition coefficient (Wildman–Crippen LogP) is 4.69. The van der Waals surface area contributed by atoms with Crippen LogP contribution in [0.25, 0.3) is 21.7 Å². The number of hydrogen-bond donors (Lipinski definition) is 3. The van der Waals surface area contributed by atoms with E-state index in [2.05, 4.69) is 15.7 Å². The normalized spacial score (nSPS) is 20.6. The first kappa shape index (κ1) is 38.8. The molecule has 0 radical (unpaired) electrons. The van der Waals surface area contributed by atoms with Crippen LogP contribution in [0.5, 0.6) is 5.75 Å². The lowest BCUT2D eigenvalue weighted by Gasteiger charge is -2.38. The van der Waals surface area contributed by atoms with Crippen LogP contribution in [0, 0.1) is 5.82 Å². The van der Waals surface area contributed by atoms with Crippen LogP contribution in [-0.2, 0) is 42.5 Å². The summed E-state index contributed by atoms with van der Waals surface area (Å²) in [4.78, 5) is 51.0. The van der Waals surface area contributed by atoms with E-state index >= 15 is 13.2 Å². The molecule has 0 saturated carbocycles. The lowest BCUT2D eigenvalue weighted by Crippen LogP contribution is -2.49. The first-order valence-corrected chi connectivity index (χ1v) is 20.1. The molecule has 2 atom stereocenters. The molecular formula is C40H38F3N7O7S.